The summed E-state index contributed by atoms with van der Waals surface area (Å²) in [6.45, 7) is 6.94. The Morgan fingerprint density at radius 2 is 2.31 bits per heavy atom. The van der Waals surface area contributed by atoms with Gasteiger partial charge in [0.05, 0.1) is 24.7 Å². The number of alkyl halides is 1. The average Bonchev–Trinajstić information content (AvgIpc) is 2.71. The highest BCUT2D eigenvalue weighted by Crippen LogP contribution is 2.15. The Balaban J connectivity index is 2.53. The zero-order chi connectivity index (χ0) is 12.0. The topological polar surface area (TPSA) is 25.4 Å². The molecule has 0 saturated heterocycles. The fourth-order valence-corrected chi connectivity index (χ4v) is 2.43. The van der Waals surface area contributed by atoms with Crippen LogP contribution < -0.4 is 0 Å². The van der Waals surface area contributed by atoms with Gasteiger partial charge in [-0.05, 0) is 13.8 Å². The number of nitrogens with zero attached hydrogens (tertiary/aromatic N) is 2. The van der Waals surface area contributed by atoms with Gasteiger partial charge < -0.3 is 4.74 Å². The molecule has 0 aliphatic heterocycles. The van der Waals surface area contributed by atoms with E-state index in [9.17, 15) is 0 Å². The van der Waals surface area contributed by atoms with Gasteiger partial charge in [-0.3, -0.25) is 4.90 Å². The van der Waals surface area contributed by atoms with Gasteiger partial charge in [0.2, 0.25) is 0 Å². The van der Waals surface area contributed by atoms with Crippen LogP contribution >= 0.6 is 22.9 Å². The van der Waals surface area contributed by atoms with Crippen LogP contribution in [-0.2, 0) is 17.2 Å². The molecular weight excluding hydrogens is 244 g/mol. The second-order valence-electron chi connectivity index (χ2n) is 3.92. The normalized spacial score (nSPS) is 11.6. The van der Waals surface area contributed by atoms with E-state index in [2.05, 4.69) is 23.7 Å². The molecule has 16 heavy (non-hydrogen) atoms. The van der Waals surface area contributed by atoms with E-state index in [1.807, 2.05) is 5.38 Å². The second-order valence-corrected chi connectivity index (χ2v) is 5.13. The summed E-state index contributed by atoms with van der Waals surface area (Å²) in [5.41, 5.74) is 0.970. The Morgan fingerprint density at radius 1 is 1.56 bits per heavy atom. The molecule has 3 nitrogen and oxygen atoms in total. The molecule has 0 aliphatic carbocycles. The van der Waals surface area contributed by atoms with E-state index < -0.39 is 0 Å². The second kappa shape index (κ2) is 7.22. The molecule has 1 aromatic rings. The molecule has 92 valence electrons. The molecule has 0 fully saturated rings. The summed E-state index contributed by atoms with van der Waals surface area (Å²) in [6, 6.07) is 0.499. The zero-order valence-electron chi connectivity index (χ0n) is 10.1. The largest absolute Gasteiger partial charge is 0.383 e. The van der Waals surface area contributed by atoms with Gasteiger partial charge in [0.1, 0.15) is 5.01 Å². The van der Waals surface area contributed by atoms with Crippen LogP contribution in [0.5, 0.6) is 0 Å². The molecule has 0 aliphatic rings. The van der Waals surface area contributed by atoms with Crippen molar-refractivity contribution >= 4 is 22.9 Å². The maximum Gasteiger partial charge on any atom is 0.107 e. The van der Waals surface area contributed by atoms with Crippen molar-refractivity contribution in [1.82, 2.24) is 9.88 Å². The van der Waals surface area contributed by atoms with Gasteiger partial charge >= 0.3 is 0 Å². The number of rotatable bonds is 7. The van der Waals surface area contributed by atoms with Gasteiger partial charge in [0, 0.05) is 25.1 Å². The van der Waals surface area contributed by atoms with Gasteiger partial charge in [0.15, 0.2) is 0 Å². The molecule has 0 atom stereocenters. The van der Waals surface area contributed by atoms with Crippen LogP contribution in [0.4, 0.5) is 0 Å². The fourth-order valence-electron chi connectivity index (χ4n) is 1.39. The summed E-state index contributed by atoms with van der Waals surface area (Å²) in [7, 11) is 1.73. The first-order valence-electron chi connectivity index (χ1n) is 5.39. The number of hydrogen-bond acceptors (Lipinski definition) is 4. The highest BCUT2D eigenvalue weighted by atomic mass is 35.5. The van der Waals surface area contributed by atoms with E-state index in [1.54, 1.807) is 18.4 Å². The summed E-state index contributed by atoms with van der Waals surface area (Å²) in [5, 5.41) is 3.15. The number of thiazole rings is 1. The molecule has 0 saturated carbocycles. The fraction of sp³-hybridized carbons (Fsp3) is 0.727. The van der Waals surface area contributed by atoms with Gasteiger partial charge in [-0.2, -0.15) is 0 Å². The van der Waals surface area contributed by atoms with Crippen molar-refractivity contribution in [3.05, 3.63) is 16.1 Å². The molecule has 0 aromatic carbocycles. The van der Waals surface area contributed by atoms with E-state index >= 15 is 0 Å². The monoisotopic (exact) mass is 262 g/mol. The average molecular weight is 263 g/mol. The summed E-state index contributed by atoms with van der Waals surface area (Å²) in [6.07, 6.45) is 0. The minimum Gasteiger partial charge on any atom is -0.383 e. The predicted molar refractivity (Wildman–Crippen MR) is 69.1 cm³/mol. The summed E-state index contributed by atoms with van der Waals surface area (Å²) in [4.78, 5) is 6.81. The first-order chi connectivity index (χ1) is 7.67. The van der Waals surface area contributed by atoms with Crippen molar-refractivity contribution in [3.8, 4) is 0 Å². The predicted octanol–water partition coefficient (Wildman–Crippen LogP) is 2.74. The molecular formula is C11H19ClN2OS. The summed E-state index contributed by atoms with van der Waals surface area (Å²) >= 11 is 7.41. The molecule has 5 heteroatoms. The maximum absolute atomic E-state index is 5.73. The van der Waals surface area contributed by atoms with Gasteiger partial charge in [-0.1, -0.05) is 0 Å². The van der Waals surface area contributed by atoms with Crippen molar-refractivity contribution in [2.75, 3.05) is 20.3 Å². The lowest BCUT2D eigenvalue weighted by Crippen LogP contribution is -2.33. The van der Waals surface area contributed by atoms with Crippen LogP contribution in [0, 0.1) is 0 Å². The number of aromatic nitrogens is 1. The standard InChI is InChI=1S/C11H19ClN2OS/c1-9(2)14(4-5-15-3)7-11-13-10(6-12)8-16-11/h8-9H,4-7H2,1-3H3. The van der Waals surface area contributed by atoms with Crippen LogP contribution in [-0.4, -0.2) is 36.2 Å². The minimum absolute atomic E-state index is 0.496. The summed E-state index contributed by atoms with van der Waals surface area (Å²) < 4.78 is 5.11. The Hall–Kier alpha value is -0.160. The molecule has 1 aromatic heterocycles. The molecule has 0 unspecified atom stereocenters. The van der Waals surface area contributed by atoms with E-state index in [0.29, 0.717) is 11.9 Å². The SMILES string of the molecule is COCCN(Cc1nc(CCl)cs1)C(C)C. The molecule has 0 amide bonds. The highest BCUT2D eigenvalue weighted by molar-refractivity contribution is 7.09. The lowest BCUT2D eigenvalue weighted by Gasteiger charge is -2.24. The first kappa shape index (κ1) is 13.9. The van der Waals surface area contributed by atoms with Crippen LogP contribution in [0.3, 0.4) is 0 Å². The molecule has 0 radical (unpaired) electrons. The van der Waals surface area contributed by atoms with E-state index in [-0.39, 0.29) is 0 Å². The number of methoxy groups -OCH3 is 1. The van der Waals surface area contributed by atoms with Crippen molar-refractivity contribution in [1.29, 1.82) is 0 Å². The van der Waals surface area contributed by atoms with Crippen molar-refractivity contribution in [3.63, 3.8) is 0 Å². The van der Waals surface area contributed by atoms with Gasteiger partial charge in [-0.15, -0.1) is 22.9 Å². The van der Waals surface area contributed by atoms with Crippen LogP contribution in [0.25, 0.3) is 0 Å². The van der Waals surface area contributed by atoms with Crippen LogP contribution in [0.15, 0.2) is 5.38 Å². The number of hydrogen-bond donors (Lipinski definition) is 0. The Bertz CT molecular complexity index is 304. The molecule has 0 spiro atoms. The lowest BCUT2D eigenvalue weighted by atomic mass is 10.3. The number of halogens is 1. The quantitative estimate of drug-likeness (QED) is 0.707. The van der Waals surface area contributed by atoms with Gasteiger partial charge in [-0.25, -0.2) is 4.98 Å². The van der Waals surface area contributed by atoms with Crippen molar-refractivity contribution < 1.29 is 4.74 Å². The minimum atomic E-state index is 0.496. The van der Waals surface area contributed by atoms with Gasteiger partial charge in [0.25, 0.3) is 0 Å². The molecule has 0 N–H and O–H groups in total. The summed E-state index contributed by atoms with van der Waals surface area (Å²) in [5.74, 6) is 0.496. The highest BCUT2D eigenvalue weighted by Gasteiger charge is 2.12. The third kappa shape index (κ3) is 4.37. The Kier molecular flexibility index (Phi) is 6.28. The van der Waals surface area contributed by atoms with Crippen LogP contribution in [0.1, 0.15) is 24.5 Å². The van der Waals surface area contributed by atoms with E-state index in [0.717, 1.165) is 30.4 Å². The van der Waals surface area contributed by atoms with E-state index in [1.165, 1.54) is 0 Å². The van der Waals surface area contributed by atoms with E-state index in [4.69, 9.17) is 16.3 Å². The van der Waals surface area contributed by atoms with Crippen molar-refractivity contribution in [2.45, 2.75) is 32.3 Å². The van der Waals surface area contributed by atoms with Crippen molar-refractivity contribution in [2.24, 2.45) is 0 Å². The third-order valence-electron chi connectivity index (χ3n) is 2.39. The smallest absolute Gasteiger partial charge is 0.107 e. The molecule has 1 heterocycles. The van der Waals surface area contributed by atoms with Crippen LogP contribution in [0.2, 0.25) is 0 Å². The Labute approximate surface area is 106 Å². The zero-order valence-corrected chi connectivity index (χ0v) is 11.6. The Morgan fingerprint density at radius 3 is 2.81 bits per heavy atom. The molecule has 0 bridgehead atoms. The first-order valence-corrected chi connectivity index (χ1v) is 6.81. The number of ether oxygens (including phenoxy) is 1. The molecule has 1 rings (SSSR count). The maximum atomic E-state index is 5.73. The lowest BCUT2D eigenvalue weighted by molar-refractivity contribution is 0.125. The third-order valence-corrected chi connectivity index (χ3v) is 3.54.